The maximum Gasteiger partial charge on any atom is 0.191 e. The van der Waals surface area contributed by atoms with Crippen LogP contribution in [0.1, 0.15) is 57.8 Å². The highest BCUT2D eigenvalue weighted by Crippen LogP contribution is 2.26. The van der Waals surface area contributed by atoms with E-state index in [4.69, 9.17) is 14.5 Å². The summed E-state index contributed by atoms with van der Waals surface area (Å²) in [6.07, 6.45) is 11.1. The summed E-state index contributed by atoms with van der Waals surface area (Å²) in [4.78, 5) is 11.1. The van der Waals surface area contributed by atoms with Crippen LogP contribution in [0.5, 0.6) is 0 Å². The number of rotatable bonds is 3. The molecule has 1 aliphatic carbocycles. The van der Waals surface area contributed by atoms with Crippen molar-refractivity contribution in [3.8, 4) is 0 Å². The molecule has 0 aromatic heterocycles. The summed E-state index contributed by atoms with van der Waals surface area (Å²) in [7, 11) is 0. The molecule has 2 rings (SSSR count). The van der Waals surface area contributed by atoms with Crippen LogP contribution < -0.4 is 0 Å². The summed E-state index contributed by atoms with van der Waals surface area (Å²) in [6.45, 7) is 0.812. The van der Waals surface area contributed by atoms with Crippen molar-refractivity contribution in [2.45, 2.75) is 74.1 Å². The molecule has 1 unspecified atom stereocenters. The molecule has 2 fully saturated rings. The molecule has 0 bridgehead atoms. The molecule has 3 atom stereocenters. The Morgan fingerprint density at radius 1 is 0.824 bits per heavy atom. The minimum atomic E-state index is -0.127. The molecule has 0 N–H and O–H groups in total. The van der Waals surface area contributed by atoms with Gasteiger partial charge in [0.2, 0.25) is 0 Å². The van der Waals surface area contributed by atoms with E-state index in [1.54, 1.807) is 0 Å². The van der Waals surface area contributed by atoms with Gasteiger partial charge in [-0.2, -0.15) is 0 Å². The SMILES string of the molecule is I[C@@H]1CCCCCC[C@H]1OOC1CCCCO1. The lowest BCUT2D eigenvalue weighted by atomic mass is 9.99. The van der Waals surface area contributed by atoms with Crippen LogP contribution in [0.3, 0.4) is 0 Å². The van der Waals surface area contributed by atoms with Crippen LogP contribution in [-0.4, -0.2) is 22.9 Å². The molecule has 1 saturated heterocycles. The predicted octanol–water partition coefficient (Wildman–Crippen LogP) is 3.99. The van der Waals surface area contributed by atoms with Gasteiger partial charge >= 0.3 is 0 Å². The second kappa shape index (κ2) is 7.92. The Morgan fingerprint density at radius 2 is 1.59 bits per heavy atom. The predicted molar refractivity (Wildman–Crippen MR) is 75.1 cm³/mol. The van der Waals surface area contributed by atoms with Crippen molar-refractivity contribution in [3.63, 3.8) is 0 Å². The molecular formula is C13H23IO3. The second-order valence-electron chi connectivity index (χ2n) is 5.03. The first kappa shape index (κ1) is 14.0. The Labute approximate surface area is 118 Å². The first-order valence-electron chi connectivity index (χ1n) is 6.94. The van der Waals surface area contributed by atoms with Crippen molar-refractivity contribution >= 4 is 22.6 Å². The van der Waals surface area contributed by atoms with Gasteiger partial charge in [0.25, 0.3) is 0 Å². The Morgan fingerprint density at radius 3 is 2.35 bits per heavy atom. The van der Waals surface area contributed by atoms with Crippen LogP contribution in [0.4, 0.5) is 0 Å². The molecule has 0 aromatic carbocycles. The molecule has 0 radical (unpaired) electrons. The third kappa shape index (κ3) is 5.01. The first-order valence-corrected chi connectivity index (χ1v) is 8.18. The van der Waals surface area contributed by atoms with Gasteiger partial charge in [-0.3, -0.25) is 0 Å². The zero-order chi connectivity index (χ0) is 11.9. The highest BCUT2D eigenvalue weighted by atomic mass is 127. The highest BCUT2D eigenvalue weighted by molar-refractivity contribution is 14.1. The van der Waals surface area contributed by atoms with Crippen molar-refractivity contribution < 1.29 is 14.5 Å². The summed E-state index contributed by atoms with van der Waals surface area (Å²) in [5.41, 5.74) is 0. The van der Waals surface area contributed by atoms with Crippen LogP contribution in [0.2, 0.25) is 0 Å². The fourth-order valence-electron chi connectivity index (χ4n) is 2.43. The molecule has 1 heterocycles. The van der Waals surface area contributed by atoms with Gasteiger partial charge in [-0.1, -0.05) is 48.3 Å². The molecule has 2 aliphatic rings. The van der Waals surface area contributed by atoms with Gasteiger partial charge in [-0.05, 0) is 25.7 Å². The van der Waals surface area contributed by atoms with Crippen molar-refractivity contribution in [2.24, 2.45) is 0 Å². The lowest BCUT2D eigenvalue weighted by Gasteiger charge is -2.27. The summed E-state index contributed by atoms with van der Waals surface area (Å²) in [5.74, 6) is 0. The van der Waals surface area contributed by atoms with E-state index in [9.17, 15) is 0 Å². The van der Waals surface area contributed by atoms with Crippen molar-refractivity contribution in [2.75, 3.05) is 6.61 Å². The zero-order valence-electron chi connectivity index (χ0n) is 10.4. The highest BCUT2D eigenvalue weighted by Gasteiger charge is 2.24. The van der Waals surface area contributed by atoms with E-state index in [0.717, 1.165) is 25.9 Å². The largest absolute Gasteiger partial charge is 0.350 e. The summed E-state index contributed by atoms with van der Waals surface area (Å²) >= 11 is 2.51. The van der Waals surface area contributed by atoms with Crippen molar-refractivity contribution in [1.82, 2.24) is 0 Å². The minimum Gasteiger partial charge on any atom is -0.350 e. The smallest absolute Gasteiger partial charge is 0.191 e. The van der Waals surface area contributed by atoms with Crippen molar-refractivity contribution in [3.05, 3.63) is 0 Å². The number of hydrogen-bond donors (Lipinski definition) is 0. The van der Waals surface area contributed by atoms with E-state index in [1.165, 1.54) is 38.5 Å². The third-order valence-corrected chi connectivity index (χ3v) is 4.97. The van der Waals surface area contributed by atoms with E-state index in [-0.39, 0.29) is 12.4 Å². The molecule has 0 amide bonds. The quantitative estimate of drug-likeness (QED) is 0.332. The Kier molecular flexibility index (Phi) is 6.53. The Balaban J connectivity index is 1.71. The van der Waals surface area contributed by atoms with E-state index >= 15 is 0 Å². The number of ether oxygens (including phenoxy) is 1. The van der Waals surface area contributed by atoms with Gasteiger partial charge in [0.05, 0.1) is 0 Å². The average molecular weight is 354 g/mol. The molecule has 100 valence electrons. The standard InChI is InChI=1S/C13H23IO3/c14-11-7-3-1-2-4-8-12(11)16-17-13-9-5-6-10-15-13/h11-13H,1-10H2/t11-,12-,13?/m1/s1. The molecule has 4 heteroatoms. The van der Waals surface area contributed by atoms with Crippen LogP contribution in [0.25, 0.3) is 0 Å². The summed E-state index contributed by atoms with van der Waals surface area (Å²) < 4.78 is 6.09. The molecule has 0 spiro atoms. The number of halogens is 1. The molecule has 0 aromatic rings. The Hall–Kier alpha value is 0.610. The molecule has 17 heavy (non-hydrogen) atoms. The third-order valence-electron chi connectivity index (χ3n) is 3.55. The van der Waals surface area contributed by atoms with Gasteiger partial charge in [-0.15, -0.1) is 0 Å². The maximum atomic E-state index is 5.64. The normalized spacial score (nSPS) is 36.2. The lowest BCUT2D eigenvalue weighted by molar-refractivity contribution is -0.404. The molecule has 3 nitrogen and oxygen atoms in total. The van der Waals surface area contributed by atoms with E-state index in [2.05, 4.69) is 22.6 Å². The number of hydrogen-bond acceptors (Lipinski definition) is 3. The van der Waals surface area contributed by atoms with Gasteiger partial charge < -0.3 is 4.74 Å². The summed E-state index contributed by atoms with van der Waals surface area (Å²) in [5, 5.41) is 0. The topological polar surface area (TPSA) is 27.7 Å². The van der Waals surface area contributed by atoms with Gasteiger partial charge in [0.1, 0.15) is 6.10 Å². The van der Waals surface area contributed by atoms with Crippen LogP contribution >= 0.6 is 22.6 Å². The second-order valence-corrected chi connectivity index (χ2v) is 6.63. The average Bonchev–Trinajstić information content (AvgIpc) is 2.35. The van der Waals surface area contributed by atoms with Crippen LogP contribution in [0.15, 0.2) is 0 Å². The number of alkyl halides is 1. The van der Waals surface area contributed by atoms with Crippen LogP contribution in [0, 0.1) is 0 Å². The van der Waals surface area contributed by atoms with Crippen molar-refractivity contribution in [1.29, 1.82) is 0 Å². The van der Waals surface area contributed by atoms with E-state index in [0.29, 0.717) is 3.92 Å². The van der Waals surface area contributed by atoms with E-state index < -0.39 is 0 Å². The minimum absolute atomic E-state index is 0.127. The fraction of sp³-hybridized carbons (Fsp3) is 1.00. The monoisotopic (exact) mass is 354 g/mol. The van der Waals surface area contributed by atoms with Gasteiger partial charge in [0, 0.05) is 17.0 Å². The fourth-order valence-corrected chi connectivity index (χ4v) is 3.35. The molecule has 1 aliphatic heterocycles. The Bertz CT molecular complexity index is 207. The first-order chi connectivity index (χ1) is 8.36. The van der Waals surface area contributed by atoms with Gasteiger partial charge in [-0.25, -0.2) is 9.78 Å². The molecular weight excluding hydrogens is 331 g/mol. The van der Waals surface area contributed by atoms with Crippen LogP contribution in [-0.2, 0) is 14.5 Å². The maximum absolute atomic E-state index is 5.64. The lowest BCUT2D eigenvalue weighted by Crippen LogP contribution is -2.30. The summed E-state index contributed by atoms with van der Waals surface area (Å²) in [6, 6.07) is 0. The molecule has 1 saturated carbocycles. The van der Waals surface area contributed by atoms with E-state index in [1.807, 2.05) is 0 Å². The zero-order valence-corrected chi connectivity index (χ0v) is 12.6. The van der Waals surface area contributed by atoms with Gasteiger partial charge in [0.15, 0.2) is 6.29 Å².